The van der Waals surface area contributed by atoms with E-state index in [9.17, 15) is 0 Å². The number of aryl methyl sites for hydroxylation is 1. The molecule has 2 N–H and O–H groups in total. The Hall–Kier alpha value is -1.77. The fourth-order valence-electron chi connectivity index (χ4n) is 1.16. The maximum absolute atomic E-state index is 8.74. The van der Waals surface area contributed by atoms with Crippen LogP contribution in [0.25, 0.3) is 5.69 Å². The number of benzene rings is 1. The Balaban J connectivity index is 0.000000249. The lowest BCUT2D eigenvalue weighted by Crippen LogP contribution is -1.96. The van der Waals surface area contributed by atoms with Crippen LogP contribution in [0.2, 0.25) is 0 Å². The standard InChI is InChI=1S/C9H9N3.H2O4S/c1-8-4-2-3-5-9(8)12-7-6-10-11-12;1-5(2,3)4/h2-7H,1H3;(H2,1,2,3,4). The Morgan fingerprint density at radius 1 is 1.24 bits per heavy atom. The van der Waals surface area contributed by atoms with Gasteiger partial charge in [-0.1, -0.05) is 23.4 Å². The molecule has 0 aliphatic carbocycles. The maximum Gasteiger partial charge on any atom is 0.394 e. The minimum atomic E-state index is -4.67. The molecule has 2 rings (SSSR count). The number of nitrogens with zero attached hydrogens (tertiary/aromatic N) is 3. The van der Waals surface area contributed by atoms with Crippen LogP contribution in [0.1, 0.15) is 5.56 Å². The van der Waals surface area contributed by atoms with Crippen molar-refractivity contribution in [3.63, 3.8) is 0 Å². The van der Waals surface area contributed by atoms with E-state index in [0.717, 1.165) is 5.69 Å². The van der Waals surface area contributed by atoms with Crippen LogP contribution in [-0.4, -0.2) is 32.5 Å². The van der Waals surface area contributed by atoms with E-state index in [0.29, 0.717) is 0 Å². The average molecular weight is 257 g/mol. The highest BCUT2D eigenvalue weighted by Gasteiger charge is 1.98. The van der Waals surface area contributed by atoms with E-state index in [1.165, 1.54) is 5.56 Å². The molecule has 0 spiro atoms. The van der Waals surface area contributed by atoms with Gasteiger partial charge in [-0.2, -0.15) is 8.42 Å². The molecule has 0 aliphatic rings. The van der Waals surface area contributed by atoms with Crippen molar-refractivity contribution in [3.8, 4) is 5.69 Å². The van der Waals surface area contributed by atoms with Crippen molar-refractivity contribution in [1.82, 2.24) is 15.0 Å². The molecule has 0 aliphatic heterocycles. The topological polar surface area (TPSA) is 105 Å². The monoisotopic (exact) mass is 257 g/mol. The summed E-state index contributed by atoms with van der Waals surface area (Å²) in [5, 5.41) is 7.67. The molecular formula is C9H11N3O4S. The molecule has 8 heteroatoms. The highest BCUT2D eigenvalue weighted by atomic mass is 32.3. The highest BCUT2D eigenvalue weighted by molar-refractivity contribution is 7.79. The highest BCUT2D eigenvalue weighted by Crippen LogP contribution is 2.10. The first-order chi connectivity index (χ1) is 7.88. The Labute approximate surface area is 98.3 Å². The lowest BCUT2D eigenvalue weighted by atomic mass is 10.2. The molecule has 1 aromatic heterocycles. The third-order valence-corrected chi connectivity index (χ3v) is 1.78. The quantitative estimate of drug-likeness (QED) is 0.736. The van der Waals surface area contributed by atoms with Crippen LogP contribution in [-0.2, 0) is 10.4 Å². The molecule has 0 bridgehead atoms. The molecule has 0 radical (unpaired) electrons. The van der Waals surface area contributed by atoms with Crippen LogP contribution < -0.4 is 0 Å². The summed E-state index contributed by atoms with van der Waals surface area (Å²) in [5.41, 5.74) is 2.28. The average Bonchev–Trinajstić information content (AvgIpc) is 2.68. The predicted octanol–water partition coefficient (Wildman–Crippen LogP) is 0.923. The second-order valence-electron chi connectivity index (χ2n) is 3.08. The lowest BCUT2D eigenvalue weighted by molar-refractivity contribution is 0.381. The van der Waals surface area contributed by atoms with Gasteiger partial charge in [-0.25, -0.2) is 4.68 Å². The second-order valence-corrected chi connectivity index (χ2v) is 3.98. The number of rotatable bonds is 1. The fourth-order valence-corrected chi connectivity index (χ4v) is 1.16. The summed E-state index contributed by atoms with van der Waals surface area (Å²) >= 11 is 0. The molecule has 0 saturated carbocycles. The normalized spacial score (nSPS) is 10.5. The first-order valence-corrected chi connectivity index (χ1v) is 5.90. The van der Waals surface area contributed by atoms with E-state index in [1.54, 1.807) is 10.9 Å². The van der Waals surface area contributed by atoms with Gasteiger partial charge in [-0.3, -0.25) is 9.11 Å². The van der Waals surface area contributed by atoms with Crippen molar-refractivity contribution in [3.05, 3.63) is 42.2 Å². The van der Waals surface area contributed by atoms with Crippen molar-refractivity contribution in [2.24, 2.45) is 0 Å². The molecule has 2 aromatic rings. The zero-order chi connectivity index (χ0) is 12.9. The van der Waals surface area contributed by atoms with E-state index in [1.807, 2.05) is 24.4 Å². The summed E-state index contributed by atoms with van der Waals surface area (Å²) in [6.45, 7) is 2.05. The first kappa shape index (κ1) is 13.3. The number of hydrogen-bond donors (Lipinski definition) is 2. The smallest absolute Gasteiger partial charge is 0.264 e. The van der Waals surface area contributed by atoms with E-state index in [4.69, 9.17) is 17.5 Å². The van der Waals surface area contributed by atoms with Gasteiger partial charge in [-0.05, 0) is 18.6 Å². The van der Waals surface area contributed by atoms with Gasteiger partial charge < -0.3 is 0 Å². The van der Waals surface area contributed by atoms with Gasteiger partial charge in [0.25, 0.3) is 0 Å². The predicted molar refractivity (Wildman–Crippen MR) is 60.3 cm³/mol. The van der Waals surface area contributed by atoms with Crippen LogP contribution in [0.3, 0.4) is 0 Å². The molecule has 0 fully saturated rings. The van der Waals surface area contributed by atoms with Crippen LogP contribution in [0.5, 0.6) is 0 Å². The second kappa shape index (κ2) is 5.53. The molecule has 0 amide bonds. The Kier molecular flexibility index (Phi) is 4.32. The SMILES string of the molecule is Cc1ccccc1-n1ccnn1.O=S(=O)(O)O. The van der Waals surface area contributed by atoms with Crippen molar-refractivity contribution in [2.45, 2.75) is 6.92 Å². The summed E-state index contributed by atoms with van der Waals surface area (Å²) < 4.78 is 33.3. The van der Waals surface area contributed by atoms with Crippen molar-refractivity contribution in [2.75, 3.05) is 0 Å². The zero-order valence-electron chi connectivity index (χ0n) is 8.92. The van der Waals surface area contributed by atoms with E-state index >= 15 is 0 Å². The van der Waals surface area contributed by atoms with Gasteiger partial charge in [-0.15, -0.1) is 5.10 Å². The number of para-hydroxylation sites is 1. The van der Waals surface area contributed by atoms with Gasteiger partial charge in [0.2, 0.25) is 0 Å². The van der Waals surface area contributed by atoms with Crippen molar-refractivity contribution < 1.29 is 17.5 Å². The lowest BCUT2D eigenvalue weighted by Gasteiger charge is -2.02. The van der Waals surface area contributed by atoms with Crippen LogP contribution in [0.4, 0.5) is 0 Å². The Bertz CT molecular complexity index is 558. The van der Waals surface area contributed by atoms with Crippen LogP contribution >= 0.6 is 0 Å². The van der Waals surface area contributed by atoms with E-state index in [-0.39, 0.29) is 0 Å². The Morgan fingerprint density at radius 2 is 1.82 bits per heavy atom. The molecule has 0 atom stereocenters. The van der Waals surface area contributed by atoms with Gasteiger partial charge >= 0.3 is 10.4 Å². The van der Waals surface area contributed by atoms with Crippen LogP contribution in [0, 0.1) is 6.92 Å². The molecule has 17 heavy (non-hydrogen) atoms. The summed E-state index contributed by atoms with van der Waals surface area (Å²) in [5.74, 6) is 0. The molecular weight excluding hydrogens is 246 g/mol. The molecule has 92 valence electrons. The number of hydrogen-bond acceptors (Lipinski definition) is 4. The third-order valence-electron chi connectivity index (χ3n) is 1.78. The maximum atomic E-state index is 8.74. The minimum Gasteiger partial charge on any atom is -0.264 e. The number of aromatic nitrogens is 3. The molecule has 0 saturated heterocycles. The van der Waals surface area contributed by atoms with E-state index in [2.05, 4.69) is 23.3 Å². The summed E-state index contributed by atoms with van der Waals surface area (Å²) in [4.78, 5) is 0. The van der Waals surface area contributed by atoms with Gasteiger partial charge in [0.1, 0.15) is 0 Å². The molecule has 1 aromatic carbocycles. The van der Waals surface area contributed by atoms with Gasteiger partial charge in [0.05, 0.1) is 18.1 Å². The third kappa shape index (κ3) is 5.20. The molecule has 1 heterocycles. The largest absolute Gasteiger partial charge is 0.394 e. The molecule has 7 nitrogen and oxygen atoms in total. The van der Waals surface area contributed by atoms with Crippen molar-refractivity contribution >= 4 is 10.4 Å². The van der Waals surface area contributed by atoms with Gasteiger partial charge in [0, 0.05) is 0 Å². The van der Waals surface area contributed by atoms with Crippen molar-refractivity contribution in [1.29, 1.82) is 0 Å². The van der Waals surface area contributed by atoms with Gasteiger partial charge in [0.15, 0.2) is 0 Å². The van der Waals surface area contributed by atoms with Crippen LogP contribution in [0.15, 0.2) is 36.7 Å². The summed E-state index contributed by atoms with van der Waals surface area (Å²) in [7, 11) is -4.67. The molecule has 0 unspecified atom stereocenters. The summed E-state index contributed by atoms with van der Waals surface area (Å²) in [6.07, 6.45) is 3.51. The first-order valence-electron chi connectivity index (χ1n) is 4.50. The minimum absolute atomic E-state index is 1.08. The summed E-state index contributed by atoms with van der Waals surface area (Å²) in [6, 6.07) is 8.07. The van der Waals surface area contributed by atoms with E-state index < -0.39 is 10.4 Å². The Morgan fingerprint density at radius 3 is 2.29 bits per heavy atom. The zero-order valence-corrected chi connectivity index (χ0v) is 9.74. The fraction of sp³-hybridized carbons (Fsp3) is 0.111.